The Hall–Kier alpha value is -3.94. The maximum atomic E-state index is 12.3. The number of rotatable bonds is 11. The normalized spacial score (nSPS) is 14.4. The number of aliphatic hydroxyl groups is 1. The van der Waals surface area contributed by atoms with Crippen LogP contribution in [0.1, 0.15) is 11.1 Å². The van der Waals surface area contributed by atoms with E-state index in [2.05, 4.69) is 10.3 Å². The van der Waals surface area contributed by atoms with Gasteiger partial charge in [0.2, 0.25) is 5.78 Å². The minimum Gasteiger partial charge on any atom is -0.506 e. The van der Waals surface area contributed by atoms with Crippen molar-refractivity contribution < 1.29 is 28.8 Å². The summed E-state index contributed by atoms with van der Waals surface area (Å²) >= 11 is 0. The largest absolute Gasteiger partial charge is 0.506 e. The molecule has 34 heavy (non-hydrogen) atoms. The number of ether oxygens (including phenoxy) is 4. The van der Waals surface area contributed by atoms with E-state index in [0.29, 0.717) is 60.3 Å². The van der Waals surface area contributed by atoms with Crippen LogP contribution in [0, 0.1) is 0 Å². The van der Waals surface area contributed by atoms with Gasteiger partial charge in [0, 0.05) is 19.2 Å². The van der Waals surface area contributed by atoms with Crippen molar-refractivity contribution in [1.82, 2.24) is 5.32 Å². The van der Waals surface area contributed by atoms with E-state index in [4.69, 9.17) is 18.9 Å². The Kier molecular flexibility index (Phi) is 8.56. The molecule has 180 valence electrons. The Bertz CT molecular complexity index is 1120. The van der Waals surface area contributed by atoms with E-state index >= 15 is 0 Å². The van der Waals surface area contributed by atoms with Gasteiger partial charge in [-0.3, -0.25) is 9.79 Å². The maximum Gasteiger partial charge on any atom is 0.207 e. The van der Waals surface area contributed by atoms with Gasteiger partial charge in [-0.05, 0) is 54.3 Å². The molecule has 1 aliphatic carbocycles. The second-order valence-corrected chi connectivity index (χ2v) is 7.52. The van der Waals surface area contributed by atoms with E-state index in [1.165, 1.54) is 6.08 Å². The first-order valence-corrected chi connectivity index (χ1v) is 10.9. The molecule has 0 unspecified atom stereocenters. The highest BCUT2D eigenvalue weighted by atomic mass is 16.5. The Balaban J connectivity index is 1.61. The molecule has 0 aliphatic heterocycles. The summed E-state index contributed by atoms with van der Waals surface area (Å²) in [7, 11) is 6.37. The van der Waals surface area contributed by atoms with Crippen LogP contribution in [0.25, 0.3) is 0 Å². The minimum atomic E-state index is -0.324. The summed E-state index contributed by atoms with van der Waals surface area (Å²) in [5, 5.41) is 13.4. The van der Waals surface area contributed by atoms with Gasteiger partial charge in [-0.25, -0.2) is 0 Å². The van der Waals surface area contributed by atoms with Crippen LogP contribution in [0.3, 0.4) is 0 Å². The molecule has 0 bridgehead atoms. The highest BCUT2D eigenvalue weighted by Gasteiger charge is 2.18. The Morgan fingerprint density at radius 3 is 1.91 bits per heavy atom. The predicted molar refractivity (Wildman–Crippen MR) is 131 cm³/mol. The average molecular weight is 467 g/mol. The van der Waals surface area contributed by atoms with Gasteiger partial charge >= 0.3 is 0 Å². The van der Waals surface area contributed by atoms with Crippen molar-refractivity contribution in [2.24, 2.45) is 4.99 Å². The number of nitrogens with zero attached hydrogens (tertiary/aromatic N) is 1. The number of aliphatic hydroxyl groups excluding tert-OH is 1. The summed E-state index contributed by atoms with van der Waals surface area (Å²) in [4.78, 5) is 16.7. The number of hydrogen-bond donors (Lipinski definition) is 2. The van der Waals surface area contributed by atoms with Crippen molar-refractivity contribution in [2.75, 3.05) is 41.5 Å². The molecule has 8 nitrogen and oxygen atoms in total. The Labute approximate surface area is 199 Å². The molecule has 2 aromatic rings. The van der Waals surface area contributed by atoms with Gasteiger partial charge < -0.3 is 29.4 Å². The summed E-state index contributed by atoms with van der Waals surface area (Å²) in [6.07, 6.45) is 4.09. The van der Waals surface area contributed by atoms with Gasteiger partial charge in [0.1, 0.15) is 11.5 Å². The third-order valence-corrected chi connectivity index (χ3v) is 5.38. The summed E-state index contributed by atoms with van der Waals surface area (Å²) in [6, 6.07) is 11.4. The van der Waals surface area contributed by atoms with Crippen LogP contribution in [-0.4, -0.2) is 58.1 Å². The van der Waals surface area contributed by atoms with Crippen molar-refractivity contribution >= 4 is 11.5 Å². The van der Waals surface area contributed by atoms with Crippen molar-refractivity contribution in [2.45, 2.75) is 12.8 Å². The van der Waals surface area contributed by atoms with E-state index in [1.54, 1.807) is 34.5 Å². The fraction of sp³-hybridized carbons (Fsp3) is 0.308. The molecule has 0 spiro atoms. The predicted octanol–water partition coefficient (Wildman–Crippen LogP) is 3.45. The number of hydrogen-bond acceptors (Lipinski definition) is 8. The van der Waals surface area contributed by atoms with E-state index in [-0.39, 0.29) is 11.5 Å². The lowest BCUT2D eigenvalue weighted by molar-refractivity contribution is -0.109. The first kappa shape index (κ1) is 24.7. The number of ketones is 1. The number of aliphatic imine (C=N–C) groups is 1. The first-order chi connectivity index (χ1) is 16.5. The molecule has 8 heteroatoms. The number of benzene rings is 2. The number of allylic oxidation sites excluding steroid dienone is 2. The smallest absolute Gasteiger partial charge is 0.207 e. The van der Waals surface area contributed by atoms with E-state index in [1.807, 2.05) is 36.4 Å². The molecular formula is C26H30N2O6. The molecule has 0 atom stereocenters. The second-order valence-electron chi connectivity index (χ2n) is 7.52. The summed E-state index contributed by atoms with van der Waals surface area (Å²) in [5.74, 6) is 2.21. The zero-order valence-corrected chi connectivity index (χ0v) is 19.9. The number of carbonyl (C=O) groups excluding carboxylic acids is 1. The van der Waals surface area contributed by atoms with Crippen molar-refractivity contribution in [1.29, 1.82) is 0 Å². The lowest BCUT2D eigenvalue weighted by Gasteiger charge is -2.15. The quantitative estimate of drug-likeness (QED) is 0.490. The first-order valence-electron chi connectivity index (χ1n) is 10.9. The molecule has 0 fully saturated rings. The molecule has 2 aromatic carbocycles. The van der Waals surface area contributed by atoms with Gasteiger partial charge in [0.05, 0.1) is 34.1 Å². The van der Waals surface area contributed by atoms with Gasteiger partial charge in [0.15, 0.2) is 23.0 Å². The molecule has 0 saturated heterocycles. The summed E-state index contributed by atoms with van der Waals surface area (Å²) in [6.45, 7) is 0.965. The highest BCUT2D eigenvalue weighted by Crippen LogP contribution is 2.28. The molecule has 0 heterocycles. The lowest BCUT2D eigenvalue weighted by Crippen LogP contribution is -2.25. The average Bonchev–Trinajstić information content (AvgIpc) is 2.86. The van der Waals surface area contributed by atoms with Crippen LogP contribution in [0.2, 0.25) is 0 Å². The van der Waals surface area contributed by atoms with Gasteiger partial charge in [0.25, 0.3) is 0 Å². The molecular weight excluding hydrogens is 436 g/mol. The number of carbonyl (C=O) groups is 1. The molecule has 0 radical (unpaired) electrons. The third kappa shape index (κ3) is 6.10. The minimum absolute atomic E-state index is 0.101. The van der Waals surface area contributed by atoms with Gasteiger partial charge in [-0.2, -0.15) is 0 Å². The fourth-order valence-corrected chi connectivity index (χ4v) is 3.54. The van der Waals surface area contributed by atoms with E-state index < -0.39 is 0 Å². The van der Waals surface area contributed by atoms with Crippen LogP contribution >= 0.6 is 0 Å². The molecule has 0 saturated carbocycles. The summed E-state index contributed by atoms with van der Waals surface area (Å²) in [5.41, 5.74) is 2.82. The Morgan fingerprint density at radius 1 is 0.794 bits per heavy atom. The van der Waals surface area contributed by atoms with Crippen molar-refractivity contribution in [3.05, 3.63) is 71.1 Å². The zero-order chi connectivity index (χ0) is 24.5. The van der Waals surface area contributed by atoms with Crippen LogP contribution in [-0.2, 0) is 17.6 Å². The lowest BCUT2D eigenvalue weighted by atomic mass is 10.1. The maximum absolute atomic E-state index is 12.3. The van der Waals surface area contributed by atoms with Crippen molar-refractivity contribution in [3.63, 3.8) is 0 Å². The standard InChI is InChI=1S/C26H30N2O6/c1-31-23-7-5-17(13-25(23)33-3)9-11-27-19-15-20(22(30)16-21(19)29)28-12-10-18-6-8-24(32-2)26(14-18)34-4/h5-8,13-16,27,29H,9-12H2,1-4H3. The molecule has 1 aliphatic rings. The van der Waals surface area contributed by atoms with Crippen molar-refractivity contribution in [3.8, 4) is 23.0 Å². The monoisotopic (exact) mass is 466 g/mol. The molecule has 0 amide bonds. The van der Waals surface area contributed by atoms with Gasteiger partial charge in [-0.15, -0.1) is 0 Å². The highest BCUT2D eigenvalue weighted by molar-refractivity contribution is 6.49. The number of methoxy groups -OCH3 is 4. The SMILES string of the molecule is COc1ccc(CCN=C2C=C(NCCc3ccc(OC)c(OC)c3)C(O)=CC2=O)cc1OC. The van der Waals surface area contributed by atoms with E-state index in [9.17, 15) is 9.90 Å². The topological polar surface area (TPSA) is 98.6 Å². The van der Waals surface area contributed by atoms with Crippen LogP contribution < -0.4 is 24.3 Å². The summed E-state index contributed by atoms with van der Waals surface area (Å²) < 4.78 is 21.2. The van der Waals surface area contributed by atoms with E-state index in [0.717, 1.165) is 11.1 Å². The zero-order valence-electron chi connectivity index (χ0n) is 19.9. The van der Waals surface area contributed by atoms with Crippen LogP contribution in [0.5, 0.6) is 23.0 Å². The van der Waals surface area contributed by atoms with Crippen LogP contribution in [0.15, 0.2) is 65.0 Å². The Morgan fingerprint density at radius 2 is 1.35 bits per heavy atom. The second kappa shape index (κ2) is 11.8. The molecule has 3 rings (SSSR count). The third-order valence-electron chi connectivity index (χ3n) is 5.38. The van der Waals surface area contributed by atoms with Crippen LogP contribution in [0.4, 0.5) is 0 Å². The molecule has 0 aromatic heterocycles. The number of nitrogens with one attached hydrogen (secondary N) is 1. The van der Waals surface area contributed by atoms with Gasteiger partial charge in [-0.1, -0.05) is 12.1 Å². The molecule has 2 N–H and O–H groups in total. The fourth-order valence-electron chi connectivity index (χ4n) is 3.54.